The Morgan fingerprint density at radius 1 is 1.17 bits per heavy atom. The Balaban J connectivity index is 1.91. The van der Waals surface area contributed by atoms with Crippen molar-refractivity contribution in [2.24, 2.45) is 5.10 Å². The van der Waals surface area contributed by atoms with E-state index in [-0.39, 0.29) is 36.2 Å². The number of nitro groups is 1. The molecule has 10 nitrogen and oxygen atoms in total. The third-order valence-electron chi connectivity index (χ3n) is 4.29. The fourth-order valence-electron chi connectivity index (χ4n) is 2.80. The van der Waals surface area contributed by atoms with Gasteiger partial charge in [0, 0.05) is 25.2 Å². The molecule has 29 heavy (non-hydrogen) atoms. The maximum Gasteiger partial charge on any atom is 0.270 e. The van der Waals surface area contributed by atoms with E-state index in [9.17, 15) is 18.5 Å². The Morgan fingerprint density at radius 3 is 2.59 bits per heavy atom. The first-order valence-corrected chi connectivity index (χ1v) is 10.3. The molecule has 1 aliphatic heterocycles. The fourth-order valence-corrected chi connectivity index (χ4v) is 4.42. The van der Waals surface area contributed by atoms with Crippen molar-refractivity contribution < 1.29 is 22.8 Å². The summed E-state index contributed by atoms with van der Waals surface area (Å²) in [5, 5.41) is 15.2. The number of nitrogens with zero attached hydrogens (tertiary/aromatic N) is 3. The topological polar surface area (TPSA) is 123 Å². The van der Waals surface area contributed by atoms with Crippen LogP contribution in [-0.2, 0) is 10.0 Å². The van der Waals surface area contributed by atoms with Crippen molar-refractivity contribution in [1.82, 2.24) is 4.31 Å². The van der Waals surface area contributed by atoms with Gasteiger partial charge < -0.3 is 9.47 Å². The zero-order valence-electron chi connectivity index (χ0n) is 15.9. The minimum absolute atomic E-state index is 0.138. The maximum absolute atomic E-state index is 12.9. The smallest absolute Gasteiger partial charge is 0.270 e. The number of non-ortho nitro benzene ring substituents is 1. The summed E-state index contributed by atoms with van der Waals surface area (Å²) < 4.78 is 37.6. The Hall–Kier alpha value is -3.18. The molecular formula is C18H20N4O6S. The molecule has 2 aromatic carbocycles. The molecule has 0 atom stereocenters. The quantitative estimate of drug-likeness (QED) is 0.396. The number of fused-ring (bicyclic) bond motifs is 1. The molecule has 1 N–H and O–H groups in total. The monoisotopic (exact) mass is 420 g/mol. The molecular weight excluding hydrogens is 400 g/mol. The van der Waals surface area contributed by atoms with Gasteiger partial charge in [-0.25, -0.2) is 8.42 Å². The van der Waals surface area contributed by atoms with Crippen LogP contribution in [0.3, 0.4) is 0 Å². The lowest BCUT2D eigenvalue weighted by atomic mass is 10.2. The minimum Gasteiger partial charge on any atom is -0.454 e. The second kappa shape index (κ2) is 8.45. The van der Waals surface area contributed by atoms with Crippen molar-refractivity contribution in [2.75, 3.05) is 25.3 Å². The average molecular weight is 420 g/mol. The van der Waals surface area contributed by atoms with E-state index < -0.39 is 14.9 Å². The summed E-state index contributed by atoms with van der Waals surface area (Å²) in [6, 6.07) is 8.82. The first-order chi connectivity index (χ1) is 13.9. The Bertz CT molecular complexity index is 1050. The molecule has 0 spiro atoms. The van der Waals surface area contributed by atoms with Gasteiger partial charge in [-0.15, -0.1) is 0 Å². The third kappa shape index (κ3) is 4.30. The highest BCUT2D eigenvalue weighted by atomic mass is 32.2. The van der Waals surface area contributed by atoms with Crippen molar-refractivity contribution in [3.8, 4) is 11.5 Å². The number of hydrazone groups is 1. The molecule has 0 fully saturated rings. The largest absolute Gasteiger partial charge is 0.454 e. The van der Waals surface area contributed by atoms with Crippen molar-refractivity contribution in [3.05, 3.63) is 52.1 Å². The molecule has 1 aliphatic rings. The Kier molecular flexibility index (Phi) is 5.99. The summed E-state index contributed by atoms with van der Waals surface area (Å²) in [5.74, 6) is 1.23. The SMILES string of the molecule is CCN(CC)S(=O)(=O)c1cc([N+](=O)[O-])ccc1N/N=C/c1ccc2c(c1)OCO2. The molecule has 154 valence electrons. The van der Waals surface area contributed by atoms with Crippen molar-refractivity contribution in [2.45, 2.75) is 18.7 Å². The molecule has 11 heteroatoms. The highest BCUT2D eigenvalue weighted by molar-refractivity contribution is 7.89. The van der Waals surface area contributed by atoms with Gasteiger partial charge in [0.05, 0.1) is 16.8 Å². The molecule has 1 heterocycles. The van der Waals surface area contributed by atoms with Gasteiger partial charge in [0.1, 0.15) is 4.90 Å². The molecule has 3 rings (SSSR count). The van der Waals surface area contributed by atoms with E-state index in [1.807, 2.05) is 0 Å². The zero-order valence-corrected chi connectivity index (χ0v) is 16.7. The summed E-state index contributed by atoms with van der Waals surface area (Å²) in [7, 11) is -3.93. The van der Waals surface area contributed by atoms with E-state index in [1.165, 1.54) is 22.7 Å². The van der Waals surface area contributed by atoms with Crippen LogP contribution in [0.25, 0.3) is 0 Å². The highest BCUT2D eigenvalue weighted by Gasteiger charge is 2.27. The first kappa shape index (κ1) is 20.6. The van der Waals surface area contributed by atoms with E-state index in [0.29, 0.717) is 17.1 Å². The summed E-state index contributed by atoms with van der Waals surface area (Å²) >= 11 is 0. The van der Waals surface area contributed by atoms with Gasteiger partial charge in [-0.2, -0.15) is 9.41 Å². The van der Waals surface area contributed by atoms with Crippen molar-refractivity contribution in [3.63, 3.8) is 0 Å². The Morgan fingerprint density at radius 2 is 1.90 bits per heavy atom. The predicted octanol–water partition coefficient (Wildman–Crippen LogP) is 2.80. The average Bonchev–Trinajstić information content (AvgIpc) is 3.16. The number of ether oxygens (including phenoxy) is 2. The van der Waals surface area contributed by atoms with E-state index in [4.69, 9.17) is 9.47 Å². The fraction of sp³-hybridized carbons (Fsp3) is 0.278. The molecule has 0 aromatic heterocycles. The van der Waals surface area contributed by atoms with E-state index in [2.05, 4.69) is 10.5 Å². The number of hydrogen-bond donors (Lipinski definition) is 1. The van der Waals surface area contributed by atoms with Gasteiger partial charge in [-0.3, -0.25) is 15.5 Å². The van der Waals surface area contributed by atoms with Crippen LogP contribution in [0.1, 0.15) is 19.4 Å². The van der Waals surface area contributed by atoms with Gasteiger partial charge in [0.15, 0.2) is 11.5 Å². The van der Waals surface area contributed by atoms with Crippen LogP contribution < -0.4 is 14.9 Å². The number of anilines is 1. The highest BCUT2D eigenvalue weighted by Crippen LogP contribution is 2.32. The number of benzene rings is 2. The van der Waals surface area contributed by atoms with E-state index in [1.54, 1.807) is 32.0 Å². The molecule has 0 saturated carbocycles. The lowest BCUT2D eigenvalue weighted by Crippen LogP contribution is -2.31. The lowest BCUT2D eigenvalue weighted by molar-refractivity contribution is -0.385. The number of rotatable bonds is 8. The van der Waals surface area contributed by atoms with Crippen molar-refractivity contribution in [1.29, 1.82) is 0 Å². The normalized spacial score (nSPS) is 13.2. The second-order valence-electron chi connectivity index (χ2n) is 6.01. The molecule has 2 aromatic rings. The number of nitro benzene ring substituents is 1. The first-order valence-electron chi connectivity index (χ1n) is 8.84. The second-order valence-corrected chi connectivity index (χ2v) is 7.92. The van der Waals surface area contributed by atoms with Gasteiger partial charge in [-0.05, 0) is 29.8 Å². The third-order valence-corrected chi connectivity index (χ3v) is 6.38. The molecule has 0 unspecified atom stereocenters. The van der Waals surface area contributed by atoms with Crippen LogP contribution in [0.4, 0.5) is 11.4 Å². The minimum atomic E-state index is -3.93. The molecule has 0 saturated heterocycles. The van der Waals surface area contributed by atoms with Gasteiger partial charge in [0.25, 0.3) is 5.69 Å². The zero-order chi connectivity index (χ0) is 21.0. The van der Waals surface area contributed by atoms with Gasteiger partial charge in [0.2, 0.25) is 16.8 Å². The number of hydrogen-bond acceptors (Lipinski definition) is 8. The van der Waals surface area contributed by atoms with Crippen LogP contribution in [-0.4, -0.2) is 43.7 Å². The molecule has 0 radical (unpaired) electrons. The van der Waals surface area contributed by atoms with Gasteiger partial charge in [-0.1, -0.05) is 13.8 Å². The van der Waals surface area contributed by atoms with Crippen LogP contribution in [0.15, 0.2) is 46.4 Å². The van der Waals surface area contributed by atoms with Crippen LogP contribution >= 0.6 is 0 Å². The van der Waals surface area contributed by atoms with E-state index in [0.717, 1.165) is 6.07 Å². The van der Waals surface area contributed by atoms with Crippen molar-refractivity contribution >= 4 is 27.6 Å². The Labute approximate surface area is 167 Å². The molecule has 0 amide bonds. The summed E-state index contributed by atoms with van der Waals surface area (Å²) in [6.45, 7) is 4.03. The lowest BCUT2D eigenvalue weighted by Gasteiger charge is -2.20. The molecule has 0 aliphatic carbocycles. The number of nitrogens with one attached hydrogen (secondary N) is 1. The summed E-state index contributed by atoms with van der Waals surface area (Å²) in [6.07, 6.45) is 1.48. The van der Waals surface area contributed by atoms with Crippen LogP contribution in [0.5, 0.6) is 11.5 Å². The van der Waals surface area contributed by atoms with Crippen LogP contribution in [0.2, 0.25) is 0 Å². The van der Waals surface area contributed by atoms with Crippen LogP contribution in [0, 0.1) is 10.1 Å². The predicted molar refractivity (Wildman–Crippen MR) is 107 cm³/mol. The summed E-state index contributed by atoms with van der Waals surface area (Å²) in [4.78, 5) is 10.3. The maximum atomic E-state index is 12.9. The summed E-state index contributed by atoms with van der Waals surface area (Å²) in [5.41, 5.74) is 3.20. The standard InChI is InChI=1S/C18H20N4O6S/c1-3-21(4-2)29(25,26)18-10-14(22(23)24)6-7-15(18)20-19-11-13-5-8-16-17(9-13)28-12-27-16/h5-11,20H,3-4,12H2,1-2H3/b19-11+. The van der Waals surface area contributed by atoms with Gasteiger partial charge >= 0.3 is 0 Å². The number of sulfonamides is 1. The van der Waals surface area contributed by atoms with E-state index >= 15 is 0 Å². The molecule has 0 bridgehead atoms.